The van der Waals surface area contributed by atoms with Crippen LogP contribution in [0.2, 0.25) is 5.28 Å². The Kier molecular flexibility index (Phi) is 18.8. The molecule has 3 N–H and O–H groups in total. The van der Waals surface area contributed by atoms with Gasteiger partial charge in [0.15, 0.2) is 19.7 Å². The third kappa shape index (κ3) is 13.8. The highest BCUT2D eigenvalue weighted by Gasteiger charge is 2.36. The van der Waals surface area contributed by atoms with Crippen molar-refractivity contribution >= 4 is 49.0 Å². The standard InChI is InChI=1S/C25H29N5O3S.C20H25N3O3S.C5H5ClN2.CH4/c1-5-34(32,33)21-8-6-18(7-9-21)13-28-24(31)19-12-20-15-30(25-26-11-10-17(4)29-25)23(16(2)3)22(20)27-14-19;1-4-27(25,26)17-7-5-14(6-8-17)10-23-20(24)16-9-15-11-21-18(13(2)3)19(15)22-12-16;1-4-2-3-7-5(6)8-4;/h6-12,14,16,23H,5,13,15H2,1-4H3,(H,28,31);5-9,12-13,18,21H,4,10-11H2,1-3H3,(H,23,24);2-3H,1H3;1H4/t23-;18-;;/m00../s1. The van der Waals surface area contributed by atoms with Crippen LogP contribution < -0.4 is 20.9 Å². The Labute approximate surface area is 417 Å². The highest BCUT2D eigenvalue weighted by molar-refractivity contribution is 7.91. The molecule has 0 saturated heterocycles. The van der Waals surface area contributed by atoms with Crippen LogP contribution in [0.3, 0.4) is 0 Å². The van der Waals surface area contributed by atoms with Gasteiger partial charge in [0.25, 0.3) is 11.8 Å². The Morgan fingerprint density at radius 2 is 1.17 bits per heavy atom. The summed E-state index contributed by atoms with van der Waals surface area (Å²) in [6.07, 6.45) is 6.62. The maximum atomic E-state index is 12.8. The number of carbonyl (C=O) groups excluding carboxylic acids is 2. The number of benzene rings is 2. The first kappa shape index (κ1) is 54.7. The summed E-state index contributed by atoms with van der Waals surface area (Å²) in [6.45, 7) is 17.5. The van der Waals surface area contributed by atoms with Crippen molar-refractivity contribution in [2.24, 2.45) is 11.8 Å². The van der Waals surface area contributed by atoms with Crippen LogP contribution in [-0.4, -0.2) is 70.1 Å². The normalized spacial score (nSPS) is 14.9. The number of hydrogen-bond acceptors (Lipinski definition) is 14. The van der Waals surface area contributed by atoms with Crippen molar-refractivity contribution in [1.82, 2.24) is 45.9 Å². The van der Waals surface area contributed by atoms with Crippen molar-refractivity contribution in [2.45, 2.75) is 111 Å². The molecule has 6 aromatic rings. The number of anilines is 1. The molecule has 0 fully saturated rings. The van der Waals surface area contributed by atoms with Gasteiger partial charge in [-0.1, -0.05) is 73.2 Å². The van der Waals surface area contributed by atoms with Crippen molar-refractivity contribution in [2.75, 3.05) is 16.4 Å². The molecule has 0 saturated carbocycles. The minimum atomic E-state index is -3.24. The van der Waals surface area contributed by atoms with Crippen LogP contribution in [0.25, 0.3) is 0 Å². The minimum absolute atomic E-state index is 0. The van der Waals surface area contributed by atoms with Crippen LogP contribution in [-0.2, 0) is 45.9 Å². The molecule has 6 heterocycles. The third-order valence-corrected chi connectivity index (χ3v) is 15.3. The van der Waals surface area contributed by atoms with Gasteiger partial charge in [-0.05, 0) is 108 Å². The summed E-state index contributed by atoms with van der Waals surface area (Å²) >= 11 is 5.42. The zero-order chi connectivity index (χ0) is 50.0. The molecule has 16 nitrogen and oxygen atoms in total. The molecule has 2 aliphatic rings. The van der Waals surface area contributed by atoms with E-state index in [4.69, 9.17) is 11.6 Å². The fourth-order valence-corrected chi connectivity index (χ4v) is 9.75. The monoisotopic (exact) mass is 1010 g/mol. The van der Waals surface area contributed by atoms with Gasteiger partial charge in [-0.15, -0.1) is 0 Å². The van der Waals surface area contributed by atoms with Crippen LogP contribution >= 0.6 is 11.6 Å². The molecule has 0 bridgehead atoms. The number of nitrogens with zero attached hydrogens (tertiary/aromatic N) is 7. The van der Waals surface area contributed by atoms with Crippen LogP contribution in [0.15, 0.2) is 107 Å². The second kappa shape index (κ2) is 24.1. The maximum absolute atomic E-state index is 12.8. The SMILES string of the molecule is C.CCS(=O)(=O)c1ccc(CNC(=O)c2cnc3c(c2)CN(c2nccc(C)n2)[C@H]3C(C)C)cc1.CCS(=O)(=O)c1ccc(CNC(=O)c2cnc3c(c2)CN[C@H]3C(C)C)cc1.Cc1ccnc(Cl)n1. The molecule has 372 valence electrons. The number of aromatic nitrogens is 6. The average molecular weight is 1010 g/mol. The number of amides is 2. The van der Waals surface area contributed by atoms with E-state index in [2.05, 4.69) is 78.4 Å². The molecule has 19 heteroatoms. The van der Waals surface area contributed by atoms with Crippen LogP contribution in [0.5, 0.6) is 0 Å². The number of rotatable bonds is 13. The number of carbonyl (C=O) groups is 2. The number of pyridine rings is 2. The summed E-state index contributed by atoms with van der Waals surface area (Å²) in [7, 11) is -6.45. The van der Waals surface area contributed by atoms with E-state index in [0.717, 1.165) is 51.6 Å². The number of hydrogen-bond donors (Lipinski definition) is 3. The first-order chi connectivity index (χ1) is 32.8. The average Bonchev–Trinajstić information content (AvgIpc) is 3.95. The van der Waals surface area contributed by atoms with E-state index in [0.29, 0.717) is 52.8 Å². The fraction of sp³-hybridized carbons (Fsp3) is 0.373. The lowest BCUT2D eigenvalue weighted by molar-refractivity contribution is 0.0942. The van der Waals surface area contributed by atoms with Gasteiger partial charge in [0.1, 0.15) is 0 Å². The van der Waals surface area contributed by atoms with Crippen molar-refractivity contribution in [1.29, 1.82) is 0 Å². The van der Waals surface area contributed by atoms with Gasteiger partial charge < -0.3 is 20.9 Å². The van der Waals surface area contributed by atoms with E-state index in [9.17, 15) is 26.4 Å². The Hall–Kier alpha value is -6.21. The van der Waals surface area contributed by atoms with E-state index in [1.807, 2.05) is 32.0 Å². The summed E-state index contributed by atoms with van der Waals surface area (Å²) in [5.74, 6) is 1.10. The number of nitrogens with one attached hydrogen (secondary N) is 3. The smallest absolute Gasteiger partial charge is 0.253 e. The van der Waals surface area contributed by atoms with E-state index < -0.39 is 19.7 Å². The highest BCUT2D eigenvalue weighted by atomic mass is 35.5. The molecular weight excluding hydrogens is 948 g/mol. The highest BCUT2D eigenvalue weighted by Crippen LogP contribution is 2.39. The second-order valence-electron chi connectivity index (χ2n) is 17.4. The molecule has 0 spiro atoms. The number of aryl methyl sites for hydroxylation is 2. The zero-order valence-corrected chi connectivity index (χ0v) is 42.5. The lowest BCUT2D eigenvalue weighted by atomic mass is 9.99. The first-order valence-electron chi connectivity index (χ1n) is 22.7. The Morgan fingerprint density at radius 1 is 0.686 bits per heavy atom. The molecule has 0 aliphatic carbocycles. The molecule has 70 heavy (non-hydrogen) atoms. The number of sulfone groups is 2. The molecule has 2 aromatic carbocycles. The number of halogens is 1. The lowest BCUT2D eigenvalue weighted by Gasteiger charge is -2.27. The lowest BCUT2D eigenvalue weighted by Crippen LogP contribution is -2.27. The van der Waals surface area contributed by atoms with Crippen molar-refractivity contribution < 1.29 is 26.4 Å². The van der Waals surface area contributed by atoms with E-state index in [-0.39, 0.29) is 53.6 Å². The van der Waals surface area contributed by atoms with E-state index in [1.54, 1.807) is 93.2 Å². The summed E-state index contributed by atoms with van der Waals surface area (Å²) in [5, 5.41) is 9.49. The molecule has 2 aliphatic heterocycles. The molecular formula is C51H63ClN10O6S2. The summed E-state index contributed by atoms with van der Waals surface area (Å²) in [5.41, 5.74) is 8.50. The van der Waals surface area contributed by atoms with Crippen LogP contribution in [0.4, 0.5) is 5.95 Å². The molecule has 4 aromatic heterocycles. The van der Waals surface area contributed by atoms with Crippen molar-refractivity contribution in [3.8, 4) is 0 Å². The molecule has 0 unspecified atom stereocenters. The van der Waals surface area contributed by atoms with Gasteiger partial charge in [0.05, 0.1) is 55.9 Å². The maximum Gasteiger partial charge on any atom is 0.253 e. The van der Waals surface area contributed by atoms with E-state index >= 15 is 0 Å². The molecule has 2 amide bonds. The largest absolute Gasteiger partial charge is 0.348 e. The van der Waals surface area contributed by atoms with Gasteiger partial charge in [-0.3, -0.25) is 19.6 Å². The summed E-state index contributed by atoms with van der Waals surface area (Å²) in [4.78, 5) is 53.7. The second-order valence-corrected chi connectivity index (χ2v) is 22.3. The Bertz CT molecular complexity index is 2980. The summed E-state index contributed by atoms with van der Waals surface area (Å²) in [6, 6.07) is 20.9. The van der Waals surface area contributed by atoms with Gasteiger partial charge in [0, 0.05) is 62.4 Å². The van der Waals surface area contributed by atoms with E-state index in [1.165, 1.54) is 0 Å². The number of fused-ring (bicyclic) bond motifs is 2. The molecule has 2 atom stereocenters. The predicted octanol–water partition coefficient (Wildman–Crippen LogP) is 8.30. The van der Waals surface area contributed by atoms with Crippen molar-refractivity contribution in [3.63, 3.8) is 0 Å². The molecule has 0 radical (unpaired) electrons. The van der Waals surface area contributed by atoms with Crippen LogP contribution in [0.1, 0.15) is 127 Å². The van der Waals surface area contributed by atoms with Gasteiger partial charge in [-0.25, -0.2) is 36.8 Å². The molecule has 8 rings (SSSR count). The van der Waals surface area contributed by atoms with Gasteiger partial charge in [-0.2, -0.15) is 0 Å². The zero-order valence-electron chi connectivity index (χ0n) is 40.1. The first-order valence-corrected chi connectivity index (χ1v) is 26.4. The van der Waals surface area contributed by atoms with Gasteiger partial charge >= 0.3 is 0 Å². The Morgan fingerprint density at radius 3 is 1.61 bits per heavy atom. The van der Waals surface area contributed by atoms with Gasteiger partial charge in [0.2, 0.25) is 11.2 Å². The fourth-order valence-electron chi connectivity index (χ4n) is 7.80. The summed E-state index contributed by atoms with van der Waals surface area (Å²) < 4.78 is 47.6. The van der Waals surface area contributed by atoms with Crippen LogP contribution in [0, 0.1) is 25.7 Å². The minimum Gasteiger partial charge on any atom is -0.348 e. The van der Waals surface area contributed by atoms with Crippen molar-refractivity contribution in [3.05, 3.63) is 159 Å². The third-order valence-electron chi connectivity index (χ3n) is 11.6. The topological polar surface area (TPSA) is 219 Å². The quantitative estimate of drug-likeness (QED) is 0.0928. The predicted molar refractivity (Wildman–Crippen MR) is 273 cm³/mol. The Balaban J connectivity index is 0.000000226.